The van der Waals surface area contributed by atoms with Crippen molar-refractivity contribution >= 4 is 11.7 Å². The molecule has 5 rings (SSSR count). The van der Waals surface area contributed by atoms with Gasteiger partial charge in [-0.25, -0.2) is 4.39 Å². The number of likely N-dealkylation sites (tertiary alicyclic amines) is 1. The summed E-state index contributed by atoms with van der Waals surface area (Å²) in [6, 6.07) is 12.2. The van der Waals surface area contributed by atoms with Crippen LogP contribution in [0.5, 0.6) is 5.75 Å². The molecule has 2 aliphatic carbocycles. The molecule has 0 N–H and O–H groups in total. The number of Topliss-reactive ketones (excluding diaryl/α,β-unsaturated/α-hetero) is 1. The second kappa shape index (κ2) is 12.9. The Morgan fingerprint density at radius 3 is 2.35 bits per heavy atom. The van der Waals surface area contributed by atoms with Gasteiger partial charge in [0.15, 0.2) is 0 Å². The summed E-state index contributed by atoms with van der Waals surface area (Å²) in [6.07, 6.45) is 14.2. The van der Waals surface area contributed by atoms with E-state index in [1.54, 1.807) is 35.2 Å². The fraction of sp³-hybridized carbons (Fsp3) is 0.600. The molecule has 1 unspecified atom stereocenters. The third kappa shape index (κ3) is 6.95. The van der Waals surface area contributed by atoms with Crippen molar-refractivity contribution in [3.63, 3.8) is 0 Å². The predicted molar refractivity (Wildman–Crippen MR) is 158 cm³/mol. The van der Waals surface area contributed by atoms with Crippen molar-refractivity contribution in [2.45, 2.75) is 90.9 Å². The van der Waals surface area contributed by atoms with E-state index in [2.05, 4.69) is 6.92 Å². The molecule has 1 amide bonds. The first kappa shape index (κ1) is 28.8. The van der Waals surface area contributed by atoms with Crippen LogP contribution >= 0.6 is 0 Å². The van der Waals surface area contributed by atoms with E-state index in [0.717, 1.165) is 24.3 Å². The Morgan fingerprint density at radius 1 is 0.975 bits per heavy atom. The molecule has 4 nitrogen and oxygen atoms in total. The number of carbonyl (C=O) groups is 2. The van der Waals surface area contributed by atoms with Crippen LogP contribution in [0, 0.1) is 29.0 Å². The number of piperidine rings is 1. The van der Waals surface area contributed by atoms with Gasteiger partial charge in [-0.1, -0.05) is 45.2 Å². The first-order valence-corrected chi connectivity index (χ1v) is 15.7. The van der Waals surface area contributed by atoms with Crippen LogP contribution in [0.25, 0.3) is 11.1 Å². The lowest BCUT2D eigenvalue weighted by Crippen LogP contribution is -2.42. The molecule has 1 aliphatic heterocycles. The first-order valence-electron chi connectivity index (χ1n) is 15.7. The van der Waals surface area contributed by atoms with E-state index in [1.807, 2.05) is 13.0 Å². The summed E-state index contributed by atoms with van der Waals surface area (Å²) >= 11 is 0. The molecular weight excluding hydrogens is 501 g/mol. The monoisotopic (exact) mass is 547 g/mol. The van der Waals surface area contributed by atoms with Crippen LogP contribution in [-0.4, -0.2) is 36.3 Å². The van der Waals surface area contributed by atoms with Crippen LogP contribution in [0.1, 0.15) is 101 Å². The van der Waals surface area contributed by atoms with E-state index < -0.39 is 0 Å². The lowest BCUT2D eigenvalue weighted by atomic mass is 9.66. The van der Waals surface area contributed by atoms with Crippen molar-refractivity contribution in [1.82, 2.24) is 4.90 Å². The molecular formula is C35H46FNO3. The van der Waals surface area contributed by atoms with Crippen LogP contribution in [0.3, 0.4) is 0 Å². The second-order valence-corrected chi connectivity index (χ2v) is 13.0. The number of ketones is 1. The third-order valence-corrected chi connectivity index (χ3v) is 10.1. The minimum Gasteiger partial charge on any atom is -0.493 e. The minimum absolute atomic E-state index is 0.0582. The van der Waals surface area contributed by atoms with E-state index in [9.17, 15) is 9.59 Å². The highest BCUT2D eigenvalue weighted by Gasteiger charge is 2.33. The standard InChI is InChI=1S/C35H46FNO3/c1-3-33(38)29-6-4-21-37(23-29)34(39)28-13-11-27(12-14-28)31-16-15-30(22-32(31)36)40-24-26-9-7-25(8-10-26)17-20-35(2)18-5-19-35/h11-16,22,25-26,29H,3-10,17-21,23-24H2,1-2H3. The van der Waals surface area contributed by atoms with Crippen molar-refractivity contribution in [3.8, 4) is 16.9 Å². The van der Waals surface area contributed by atoms with Gasteiger partial charge in [0.05, 0.1) is 6.61 Å². The van der Waals surface area contributed by atoms with Crippen molar-refractivity contribution in [3.05, 3.63) is 53.8 Å². The topological polar surface area (TPSA) is 46.6 Å². The Bertz CT molecular complexity index is 1160. The molecule has 5 heteroatoms. The predicted octanol–water partition coefficient (Wildman–Crippen LogP) is 8.48. The molecule has 0 radical (unpaired) electrons. The summed E-state index contributed by atoms with van der Waals surface area (Å²) in [5.41, 5.74) is 2.43. The van der Waals surface area contributed by atoms with Gasteiger partial charge in [-0.05, 0) is 98.4 Å². The Morgan fingerprint density at radius 2 is 1.70 bits per heavy atom. The van der Waals surface area contributed by atoms with Crippen molar-refractivity contribution < 1.29 is 18.7 Å². The zero-order chi connectivity index (χ0) is 28.1. The molecule has 2 aromatic carbocycles. The fourth-order valence-electron chi connectivity index (χ4n) is 6.99. The summed E-state index contributed by atoms with van der Waals surface area (Å²) in [5.74, 6) is 1.79. The zero-order valence-electron chi connectivity index (χ0n) is 24.4. The third-order valence-electron chi connectivity index (χ3n) is 10.1. The Balaban J connectivity index is 1.10. The smallest absolute Gasteiger partial charge is 0.253 e. The van der Waals surface area contributed by atoms with Crippen LogP contribution in [0.2, 0.25) is 0 Å². The van der Waals surface area contributed by atoms with Crippen molar-refractivity contribution in [1.29, 1.82) is 0 Å². The molecule has 1 saturated heterocycles. The highest BCUT2D eigenvalue weighted by Crippen LogP contribution is 2.46. The molecule has 3 fully saturated rings. The van der Waals surface area contributed by atoms with Gasteiger partial charge in [0.1, 0.15) is 17.3 Å². The lowest BCUT2D eigenvalue weighted by molar-refractivity contribution is -0.123. The number of halogens is 1. The van der Waals surface area contributed by atoms with Crippen LogP contribution < -0.4 is 4.74 Å². The number of carbonyl (C=O) groups excluding carboxylic acids is 2. The molecule has 1 atom stereocenters. The number of rotatable bonds is 10. The number of ether oxygens (including phenoxy) is 1. The van der Waals surface area contributed by atoms with Crippen LogP contribution in [0.15, 0.2) is 42.5 Å². The Hall–Kier alpha value is -2.69. The zero-order valence-corrected chi connectivity index (χ0v) is 24.4. The van der Waals surface area contributed by atoms with Gasteiger partial charge in [0, 0.05) is 42.6 Å². The normalized spacial score (nSPS) is 24.3. The summed E-state index contributed by atoms with van der Waals surface area (Å²) in [4.78, 5) is 27.0. The largest absolute Gasteiger partial charge is 0.493 e. The highest BCUT2D eigenvalue weighted by molar-refractivity contribution is 5.95. The molecule has 0 bridgehead atoms. The molecule has 0 spiro atoms. The molecule has 2 aromatic rings. The molecule has 1 heterocycles. The number of hydrogen-bond acceptors (Lipinski definition) is 3. The SMILES string of the molecule is CCC(=O)C1CCCN(C(=O)c2ccc(-c3ccc(OCC4CCC(CCC5(C)CCC5)CC4)cc3F)cc2)C1. The van der Waals surface area contributed by atoms with Crippen molar-refractivity contribution in [2.24, 2.45) is 23.2 Å². The van der Waals surface area contributed by atoms with E-state index in [4.69, 9.17) is 4.74 Å². The van der Waals surface area contributed by atoms with Gasteiger partial charge in [0.25, 0.3) is 5.91 Å². The van der Waals surface area contributed by atoms with E-state index in [-0.39, 0.29) is 23.4 Å². The maximum atomic E-state index is 15.1. The van der Waals surface area contributed by atoms with Gasteiger partial charge in [-0.15, -0.1) is 0 Å². The minimum atomic E-state index is -0.318. The van der Waals surface area contributed by atoms with E-state index >= 15 is 4.39 Å². The Kier molecular flexibility index (Phi) is 9.27. The van der Waals surface area contributed by atoms with E-state index in [0.29, 0.717) is 54.3 Å². The molecule has 216 valence electrons. The van der Waals surface area contributed by atoms with Gasteiger partial charge in [-0.3, -0.25) is 9.59 Å². The number of hydrogen-bond donors (Lipinski definition) is 0. The number of nitrogens with zero attached hydrogens (tertiary/aromatic N) is 1. The fourth-order valence-corrected chi connectivity index (χ4v) is 6.99. The quantitative estimate of drug-likeness (QED) is 0.300. The maximum Gasteiger partial charge on any atom is 0.253 e. The summed E-state index contributed by atoms with van der Waals surface area (Å²) < 4.78 is 21.1. The summed E-state index contributed by atoms with van der Waals surface area (Å²) in [5, 5.41) is 0. The molecule has 0 aromatic heterocycles. The summed E-state index contributed by atoms with van der Waals surface area (Å²) in [7, 11) is 0. The summed E-state index contributed by atoms with van der Waals surface area (Å²) in [6.45, 7) is 6.15. The number of benzene rings is 2. The Labute approximate surface area is 239 Å². The van der Waals surface area contributed by atoms with Gasteiger partial charge in [0.2, 0.25) is 0 Å². The van der Waals surface area contributed by atoms with Crippen LogP contribution in [0.4, 0.5) is 4.39 Å². The highest BCUT2D eigenvalue weighted by atomic mass is 19.1. The maximum absolute atomic E-state index is 15.1. The second-order valence-electron chi connectivity index (χ2n) is 13.0. The molecule has 2 saturated carbocycles. The van der Waals surface area contributed by atoms with Gasteiger partial charge < -0.3 is 9.64 Å². The van der Waals surface area contributed by atoms with Crippen LogP contribution in [-0.2, 0) is 4.79 Å². The molecule has 3 aliphatic rings. The van der Waals surface area contributed by atoms with E-state index in [1.165, 1.54) is 63.9 Å². The first-order chi connectivity index (χ1) is 19.3. The number of amides is 1. The molecule has 40 heavy (non-hydrogen) atoms. The van der Waals surface area contributed by atoms with Gasteiger partial charge >= 0.3 is 0 Å². The average molecular weight is 548 g/mol. The van der Waals surface area contributed by atoms with Gasteiger partial charge in [-0.2, -0.15) is 0 Å². The lowest BCUT2D eigenvalue weighted by Gasteiger charge is -2.40. The average Bonchev–Trinajstić information content (AvgIpc) is 2.98. The van der Waals surface area contributed by atoms with Crippen molar-refractivity contribution in [2.75, 3.05) is 19.7 Å².